The number of hydrogen-bond donors (Lipinski definition) is 0. The minimum atomic E-state index is -0.260. The van der Waals surface area contributed by atoms with Crippen LogP contribution < -0.4 is 4.90 Å². The fourth-order valence-corrected chi connectivity index (χ4v) is 2.77. The van der Waals surface area contributed by atoms with Crippen molar-refractivity contribution in [3.05, 3.63) is 27.3 Å². The number of anilines is 1. The second-order valence-corrected chi connectivity index (χ2v) is 5.15. The number of carbonyl (C=O) groups excluding carboxylic acids is 1. The van der Waals surface area contributed by atoms with Crippen LogP contribution in [-0.4, -0.2) is 38.9 Å². The minimum absolute atomic E-state index is 0.260. The van der Waals surface area contributed by atoms with Crippen LogP contribution in [0.25, 0.3) is 0 Å². The molecule has 1 aliphatic rings. The highest BCUT2D eigenvalue weighted by molar-refractivity contribution is 14.1. The summed E-state index contributed by atoms with van der Waals surface area (Å²) >= 11 is 2.26. The van der Waals surface area contributed by atoms with Crippen LogP contribution in [0.4, 0.5) is 5.69 Å². The number of rotatable bonds is 3. The van der Waals surface area contributed by atoms with E-state index in [1.165, 1.54) is 0 Å². The standard InChI is InChI=1S/C13H16INO3/c1-2-18-13(16)10-3-4-12(11(14)9-10)15-5-7-17-8-6-15/h3-4,9H,2,5-8H2,1H3. The Bertz CT molecular complexity index is 430. The van der Waals surface area contributed by atoms with E-state index in [2.05, 4.69) is 27.5 Å². The molecule has 0 aliphatic carbocycles. The molecule has 0 unspecified atom stereocenters. The van der Waals surface area contributed by atoms with Crippen LogP contribution >= 0.6 is 22.6 Å². The van der Waals surface area contributed by atoms with Crippen molar-refractivity contribution < 1.29 is 14.3 Å². The molecule has 1 heterocycles. The molecular formula is C13H16INO3. The summed E-state index contributed by atoms with van der Waals surface area (Å²) in [6.07, 6.45) is 0. The van der Waals surface area contributed by atoms with E-state index in [4.69, 9.17) is 9.47 Å². The van der Waals surface area contributed by atoms with Crippen LogP contribution in [0.3, 0.4) is 0 Å². The Hall–Kier alpha value is -0.820. The number of esters is 1. The molecule has 0 radical (unpaired) electrons. The highest BCUT2D eigenvalue weighted by Gasteiger charge is 2.15. The molecular weight excluding hydrogens is 345 g/mol. The second-order valence-electron chi connectivity index (χ2n) is 3.99. The van der Waals surface area contributed by atoms with Crippen molar-refractivity contribution in [1.82, 2.24) is 0 Å². The lowest BCUT2D eigenvalue weighted by molar-refractivity contribution is 0.0526. The normalized spacial score (nSPS) is 15.6. The SMILES string of the molecule is CCOC(=O)c1ccc(N2CCOCC2)c(I)c1. The molecule has 5 heteroatoms. The molecule has 4 nitrogen and oxygen atoms in total. The average molecular weight is 361 g/mol. The molecule has 1 aromatic carbocycles. The molecule has 0 N–H and O–H groups in total. The van der Waals surface area contributed by atoms with Gasteiger partial charge < -0.3 is 14.4 Å². The van der Waals surface area contributed by atoms with Gasteiger partial charge in [0.2, 0.25) is 0 Å². The quantitative estimate of drug-likeness (QED) is 0.612. The number of halogens is 1. The highest BCUT2D eigenvalue weighted by atomic mass is 127. The van der Waals surface area contributed by atoms with Crippen LogP contribution in [0.15, 0.2) is 18.2 Å². The van der Waals surface area contributed by atoms with Crippen LogP contribution in [-0.2, 0) is 9.47 Å². The summed E-state index contributed by atoms with van der Waals surface area (Å²) in [6.45, 7) is 5.53. The zero-order valence-corrected chi connectivity index (χ0v) is 12.5. The van der Waals surface area contributed by atoms with Crippen molar-refractivity contribution in [2.45, 2.75) is 6.92 Å². The Morgan fingerprint density at radius 3 is 2.78 bits per heavy atom. The summed E-state index contributed by atoms with van der Waals surface area (Å²) in [7, 11) is 0. The number of hydrogen-bond acceptors (Lipinski definition) is 4. The van der Waals surface area contributed by atoms with Crippen molar-refractivity contribution in [1.29, 1.82) is 0 Å². The van der Waals surface area contributed by atoms with Gasteiger partial charge in [-0.3, -0.25) is 0 Å². The molecule has 0 atom stereocenters. The van der Waals surface area contributed by atoms with E-state index in [-0.39, 0.29) is 5.97 Å². The van der Waals surface area contributed by atoms with Gasteiger partial charge in [0, 0.05) is 16.7 Å². The largest absolute Gasteiger partial charge is 0.462 e. The first-order valence-electron chi connectivity index (χ1n) is 6.01. The van der Waals surface area contributed by atoms with Crippen molar-refractivity contribution >= 4 is 34.2 Å². The van der Waals surface area contributed by atoms with Gasteiger partial charge in [-0.15, -0.1) is 0 Å². The maximum Gasteiger partial charge on any atom is 0.338 e. The summed E-state index contributed by atoms with van der Waals surface area (Å²) in [6, 6.07) is 5.69. The smallest absolute Gasteiger partial charge is 0.338 e. The predicted octanol–water partition coefficient (Wildman–Crippen LogP) is 2.30. The molecule has 98 valence electrons. The van der Waals surface area contributed by atoms with Gasteiger partial charge in [-0.1, -0.05) is 0 Å². The third-order valence-corrected chi connectivity index (χ3v) is 3.67. The fourth-order valence-electron chi connectivity index (χ4n) is 1.91. The Morgan fingerprint density at radius 1 is 1.44 bits per heavy atom. The molecule has 18 heavy (non-hydrogen) atoms. The van der Waals surface area contributed by atoms with E-state index >= 15 is 0 Å². The van der Waals surface area contributed by atoms with E-state index < -0.39 is 0 Å². The Balaban J connectivity index is 2.16. The summed E-state index contributed by atoms with van der Waals surface area (Å²) in [4.78, 5) is 13.9. The average Bonchev–Trinajstić information content (AvgIpc) is 2.40. The topological polar surface area (TPSA) is 38.8 Å². The number of ether oxygens (including phenoxy) is 2. The molecule has 1 saturated heterocycles. The Morgan fingerprint density at radius 2 is 2.17 bits per heavy atom. The fraction of sp³-hybridized carbons (Fsp3) is 0.462. The molecule has 0 amide bonds. The van der Waals surface area contributed by atoms with Crippen molar-refractivity contribution in [3.63, 3.8) is 0 Å². The molecule has 0 saturated carbocycles. The van der Waals surface area contributed by atoms with Gasteiger partial charge in [0.1, 0.15) is 0 Å². The van der Waals surface area contributed by atoms with Crippen molar-refractivity contribution in [3.8, 4) is 0 Å². The third kappa shape index (κ3) is 3.14. The van der Waals surface area contributed by atoms with E-state index in [0.717, 1.165) is 35.6 Å². The monoisotopic (exact) mass is 361 g/mol. The van der Waals surface area contributed by atoms with Crippen LogP contribution in [0.5, 0.6) is 0 Å². The highest BCUT2D eigenvalue weighted by Crippen LogP contribution is 2.24. The van der Waals surface area contributed by atoms with Gasteiger partial charge in [-0.2, -0.15) is 0 Å². The van der Waals surface area contributed by atoms with Crippen LogP contribution in [0.2, 0.25) is 0 Å². The Kier molecular flexibility index (Phi) is 4.82. The van der Waals surface area contributed by atoms with Crippen LogP contribution in [0, 0.1) is 3.57 Å². The lowest BCUT2D eigenvalue weighted by Gasteiger charge is -2.29. The number of nitrogens with zero attached hydrogens (tertiary/aromatic N) is 1. The van der Waals surface area contributed by atoms with E-state index in [1.807, 2.05) is 25.1 Å². The minimum Gasteiger partial charge on any atom is -0.462 e. The summed E-state index contributed by atoms with van der Waals surface area (Å²) < 4.78 is 11.4. The molecule has 0 spiro atoms. The maximum atomic E-state index is 11.6. The first-order valence-corrected chi connectivity index (χ1v) is 7.09. The summed E-state index contributed by atoms with van der Waals surface area (Å²) in [5, 5.41) is 0. The third-order valence-electron chi connectivity index (χ3n) is 2.81. The van der Waals surface area contributed by atoms with Gasteiger partial charge in [0.15, 0.2) is 0 Å². The zero-order valence-electron chi connectivity index (χ0n) is 10.3. The number of benzene rings is 1. The molecule has 1 fully saturated rings. The lowest BCUT2D eigenvalue weighted by Crippen LogP contribution is -2.36. The lowest BCUT2D eigenvalue weighted by atomic mass is 10.2. The van der Waals surface area contributed by atoms with Gasteiger partial charge >= 0.3 is 5.97 Å². The van der Waals surface area contributed by atoms with E-state index in [9.17, 15) is 4.79 Å². The van der Waals surface area contributed by atoms with E-state index in [0.29, 0.717) is 12.2 Å². The molecule has 0 bridgehead atoms. The second kappa shape index (κ2) is 6.38. The summed E-state index contributed by atoms with van der Waals surface area (Å²) in [5.74, 6) is -0.260. The van der Waals surface area contributed by atoms with Gasteiger partial charge in [0.05, 0.1) is 31.1 Å². The molecule has 0 aromatic heterocycles. The van der Waals surface area contributed by atoms with Gasteiger partial charge in [-0.05, 0) is 47.7 Å². The van der Waals surface area contributed by atoms with Crippen LogP contribution in [0.1, 0.15) is 17.3 Å². The van der Waals surface area contributed by atoms with Gasteiger partial charge in [-0.25, -0.2) is 4.79 Å². The predicted molar refractivity (Wildman–Crippen MR) is 78.1 cm³/mol. The van der Waals surface area contributed by atoms with Crippen molar-refractivity contribution in [2.24, 2.45) is 0 Å². The van der Waals surface area contributed by atoms with Gasteiger partial charge in [0.25, 0.3) is 0 Å². The van der Waals surface area contributed by atoms with Crippen molar-refractivity contribution in [2.75, 3.05) is 37.8 Å². The summed E-state index contributed by atoms with van der Waals surface area (Å²) in [5.41, 5.74) is 1.77. The Labute approximate surface area is 120 Å². The first kappa shape index (κ1) is 13.6. The molecule has 1 aromatic rings. The van der Waals surface area contributed by atoms with E-state index in [1.54, 1.807) is 0 Å². The molecule has 1 aliphatic heterocycles. The zero-order chi connectivity index (χ0) is 13.0. The first-order chi connectivity index (χ1) is 8.72. The maximum absolute atomic E-state index is 11.6. The molecule has 2 rings (SSSR count). The number of carbonyl (C=O) groups is 1. The number of morpholine rings is 1.